The Morgan fingerprint density at radius 3 is 1.64 bits per heavy atom. The molecule has 2 N–H and O–H groups in total. The van der Waals surface area contributed by atoms with Gasteiger partial charge in [-0.2, -0.15) is 0 Å². The average Bonchev–Trinajstić information content (AvgIpc) is 2.00. The van der Waals surface area contributed by atoms with E-state index in [9.17, 15) is 0 Å². The van der Waals surface area contributed by atoms with Crippen molar-refractivity contribution >= 4 is 12.4 Å². The molecule has 4 aliphatic carbocycles. The van der Waals surface area contributed by atoms with Crippen LogP contribution in [0, 0.1) is 23.2 Å². The molecular weight excluding hydrogens is 194 g/mol. The molecule has 82 valence electrons. The first-order chi connectivity index (χ1) is 6.18. The van der Waals surface area contributed by atoms with E-state index < -0.39 is 0 Å². The highest BCUT2D eigenvalue weighted by molar-refractivity contribution is 5.85. The minimum Gasteiger partial charge on any atom is -0.327 e. The molecule has 4 saturated carbocycles. The molecule has 14 heavy (non-hydrogen) atoms. The van der Waals surface area contributed by atoms with Gasteiger partial charge in [0.15, 0.2) is 0 Å². The quantitative estimate of drug-likeness (QED) is 0.715. The van der Waals surface area contributed by atoms with Crippen LogP contribution in [0.5, 0.6) is 0 Å². The summed E-state index contributed by atoms with van der Waals surface area (Å²) in [5.41, 5.74) is 6.77. The lowest BCUT2D eigenvalue weighted by Crippen LogP contribution is -2.53. The fourth-order valence-electron chi connectivity index (χ4n) is 4.74. The Morgan fingerprint density at radius 1 is 1.00 bits per heavy atom. The SMILES string of the molecule is C[C@@H](N)C12CC3CC(CC(C3)C1)C2.Cl. The predicted octanol–water partition coefficient (Wildman–Crippen LogP) is 2.97. The molecular formula is C12H22ClN. The molecule has 1 nitrogen and oxygen atoms in total. The van der Waals surface area contributed by atoms with Crippen molar-refractivity contribution < 1.29 is 0 Å². The van der Waals surface area contributed by atoms with Crippen molar-refractivity contribution in [3.8, 4) is 0 Å². The van der Waals surface area contributed by atoms with Gasteiger partial charge in [-0.1, -0.05) is 0 Å². The van der Waals surface area contributed by atoms with Gasteiger partial charge in [0.1, 0.15) is 0 Å². The summed E-state index contributed by atoms with van der Waals surface area (Å²) in [5.74, 6) is 3.16. The zero-order valence-corrected chi connectivity index (χ0v) is 9.85. The lowest BCUT2D eigenvalue weighted by molar-refractivity contribution is -0.0637. The standard InChI is InChI=1S/C12H21N.ClH/c1-8(13)12-5-9-2-10(6-12)4-11(3-9)7-12;/h8-11H,2-7,13H2,1H3;1H/t8-,9?,10?,11?,12?;/m1./s1. The number of rotatable bonds is 1. The highest BCUT2D eigenvalue weighted by Gasteiger charge is 2.52. The molecule has 0 aromatic rings. The van der Waals surface area contributed by atoms with Gasteiger partial charge in [0.05, 0.1) is 0 Å². The Bertz CT molecular complexity index is 189. The third-order valence-electron chi connectivity index (χ3n) is 5.05. The first-order valence-corrected chi connectivity index (χ1v) is 5.93. The molecule has 4 rings (SSSR count). The van der Waals surface area contributed by atoms with Crippen molar-refractivity contribution in [3.63, 3.8) is 0 Å². The van der Waals surface area contributed by atoms with E-state index in [2.05, 4.69) is 6.92 Å². The van der Waals surface area contributed by atoms with Crippen molar-refractivity contribution in [2.24, 2.45) is 28.9 Å². The van der Waals surface area contributed by atoms with Crippen molar-refractivity contribution in [1.82, 2.24) is 0 Å². The predicted molar refractivity (Wildman–Crippen MR) is 61.5 cm³/mol. The second-order valence-electron chi connectivity index (χ2n) is 6.07. The van der Waals surface area contributed by atoms with E-state index in [1.807, 2.05) is 0 Å². The minimum atomic E-state index is 0. The van der Waals surface area contributed by atoms with Crippen molar-refractivity contribution in [2.75, 3.05) is 0 Å². The van der Waals surface area contributed by atoms with Gasteiger partial charge in [0, 0.05) is 6.04 Å². The topological polar surface area (TPSA) is 26.0 Å². The van der Waals surface area contributed by atoms with Gasteiger partial charge in [-0.05, 0) is 68.6 Å². The lowest BCUT2D eigenvalue weighted by Gasteiger charge is -2.58. The van der Waals surface area contributed by atoms with Crippen molar-refractivity contribution in [2.45, 2.75) is 51.5 Å². The van der Waals surface area contributed by atoms with Crippen LogP contribution in [-0.4, -0.2) is 6.04 Å². The maximum atomic E-state index is 6.19. The van der Waals surface area contributed by atoms with Crippen LogP contribution in [0.25, 0.3) is 0 Å². The second kappa shape index (κ2) is 3.38. The highest BCUT2D eigenvalue weighted by Crippen LogP contribution is 2.60. The Labute approximate surface area is 93.2 Å². The molecule has 0 heterocycles. The van der Waals surface area contributed by atoms with Crippen LogP contribution in [0.2, 0.25) is 0 Å². The third kappa shape index (κ3) is 1.40. The smallest absolute Gasteiger partial charge is 0.00673 e. The zero-order chi connectivity index (χ0) is 9.05. The van der Waals surface area contributed by atoms with E-state index in [1.54, 1.807) is 0 Å². The summed E-state index contributed by atoms with van der Waals surface area (Å²) in [6.07, 6.45) is 8.97. The number of hydrogen-bond donors (Lipinski definition) is 1. The molecule has 4 bridgehead atoms. The fraction of sp³-hybridized carbons (Fsp3) is 1.00. The molecule has 0 aliphatic heterocycles. The van der Waals surface area contributed by atoms with Crippen molar-refractivity contribution in [3.05, 3.63) is 0 Å². The Kier molecular flexibility index (Phi) is 2.60. The van der Waals surface area contributed by atoms with Gasteiger partial charge >= 0.3 is 0 Å². The van der Waals surface area contributed by atoms with E-state index in [4.69, 9.17) is 5.73 Å². The summed E-state index contributed by atoms with van der Waals surface area (Å²) >= 11 is 0. The monoisotopic (exact) mass is 215 g/mol. The largest absolute Gasteiger partial charge is 0.327 e. The molecule has 4 aliphatic rings. The number of halogens is 1. The van der Waals surface area contributed by atoms with Crippen molar-refractivity contribution in [1.29, 1.82) is 0 Å². The van der Waals surface area contributed by atoms with Crippen LogP contribution in [0.4, 0.5) is 0 Å². The second-order valence-corrected chi connectivity index (χ2v) is 6.07. The molecule has 0 radical (unpaired) electrons. The van der Waals surface area contributed by atoms with Crippen LogP contribution in [0.15, 0.2) is 0 Å². The van der Waals surface area contributed by atoms with Crippen LogP contribution in [0.1, 0.15) is 45.4 Å². The van der Waals surface area contributed by atoms with Crippen LogP contribution in [-0.2, 0) is 0 Å². The molecule has 1 atom stereocenters. The van der Waals surface area contributed by atoms with Gasteiger partial charge in [0.25, 0.3) is 0 Å². The summed E-state index contributed by atoms with van der Waals surface area (Å²) in [4.78, 5) is 0. The number of nitrogens with two attached hydrogens (primary N) is 1. The number of hydrogen-bond acceptors (Lipinski definition) is 1. The van der Waals surface area contributed by atoms with E-state index >= 15 is 0 Å². The summed E-state index contributed by atoms with van der Waals surface area (Å²) in [5, 5.41) is 0. The third-order valence-corrected chi connectivity index (χ3v) is 5.05. The molecule has 0 unspecified atom stereocenters. The maximum Gasteiger partial charge on any atom is 0.00673 e. The Balaban J connectivity index is 0.000000750. The lowest BCUT2D eigenvalue weighted by atomic mass is 9.48. The maximum absolute atomic E-state index is 6.19. The highest BCUT2D eigenvalue weighted by atomic mass is 35.5. The Hall–Kier alpha value is 0.250. The van der Waals surface area contributed by atoms with E-state index in [0.29, 0.717) is 11.5 Å². The molecule has 2 heteroatoms. The van der Waals surface area contributed by atoms with Gasteiger partial charge in [0.2, 0.25) is 0 Å². The van der Waals surface area contributed by atoms with Crippen LogP contribution in [0.3, 0.4) is 0 Å². The summed E-state index contributed by atoms with van der Waals surface area (Å²) < 4.78 is 0. The summed E-state index contributed by atoms with van der Waals surface area (Å²) in [6, 6.07) is 0.445. The molecule has 0 aromatic carbocycles. The normalized spacial score (nSPS) is 51.4. The fourth-order valence-corrected chi connectivity index (χ4v) is 4.74. The first-order valence-electron chi connectivity index (χ1n) is 5.93. The van der Waals surface area contributed by atoms with E-state index in [-0.39, 0.29) is 12.4 Å². The molecule has 4 fully saturated rings. The van der Waals surface area contributed by atoms with Gasteiger partial charge in [-0.15, -0.1) is 12.4 Å². The van der Waals surface area contributed by atoms with Gasteiger partial charge in [-0.25, -0.2) is 0 Å². The van der Waals surface area contributed by atoms with Crippen LogP contribution >= 0.6 is 12.4 Å². The molecule has 0 saturated heterocycles. The van der Waals surface area contributed by atoms with Gasteiger partial charge < -0.3 is 5.73 Å². The first kappa shape index (κ1) is 10.8. The summed E-state index contributed by atoms with van der Waals surface area (Å²) in [6.45, 7) is 2.24. The van der Waals surface area contributed by atoms with Crippen LogP contribution < -0.4 is 5.73 Å². The Morgan fingerprint density at radius 2 is 1.36 bits per heavy atom. The minimum absolute atomic E-state index is 0. The molecule has 0 spiro atoms. The molecule has 0 amide bonds. The van der Waals surface area contributed by atoms with E-state index in [0.717, 1.165) is 17.8 Å². The zero-order valence-electron chi connectivity index (χ0n) is 9.04. The molecule has 0 aromatic heterocycles. The van der Waals surface area contributed by atoms with E-state index in [1.165, 1.54) is 38.5 Å². The van der Waals surface area contributed by atoms with Gasteiger partial charge in [-0.3, -0.25) is 0 Å². The summed E-state index contributed by atoms with van der Waals surface area (Å²) in [7, 11) is 0. The average molecular weight is 216 g/mol.